The van der Waals surface area contributed by atoms with Gasteiger partial charge < -0.3 is 5.32 Å². The molecule has 5 nitrogen and oxygen atoms in total. The van der Waals surface area contributed by atoms with Crippen molar-refractivity contribution in [3.63, 3.8) is 0 Å². The van der Waals surface area contributed by atoms with E-state index in [0.29, 0.717) is 0 Å². The molecule has 0 aromatic heterocycles. The van der Waals surface area contributed by atoms with Gasteiger partial charge in [0.25, 0.3) is 10.0 Å². The number of halogens is 4. The zero-order valence-corrected chi connectivity index (χ0v) is 10.7. The van der Waals surface area contributed by atoms with Gasteiger partial charge in [-0.3, -0.25) is 0 Å². The zero-order valence-electron chi connectivity index (χ0n) is 9.12. The molecule has 1 aromatic rings. The average molecular weight is 314 g/mol. The van der Waals surface area contributed by atoms with Gasteiger partial charge in [0.05, 0.1) is 5.69 Å². The highest BCUT2D eigenvalue weighted by Gasteiger charge is 2.30. The molecule has 104 valence electrons. The predicted octanol–water partition coefficient (Wildman–Crippen LogP) is 1.96. The minimum Gasteiger partial charge on any atom is -0.324 e. The van der Waals surface area contributed by atoms with Crippen LogP contribution in [0.3, 0.4) is 0 Å². The molecule has 1 aliphatic rings. The van der Waals surface area contributed by atoms with E-state index in [1.54, 1.807) is 0 Å². The van der Waals surface area contributed by atoms with E-state index < -0.39 is 28.7 Å². The van der Waals surface area contributed by atoms with Crippen molar-refractivity contribution in [3.05, 3.63) is 23.2 Å². The number of aliphatic imine (C=N–C) groups is 1. The fourth-order valence-electron chi connectivity index (χ4n) is 1.41. The van der Waals surface area contributed by atoms with E-state index in [4.69, 9.17) is 11.6 Å². The first-order valence-corrected chi connectivity index (χ1v) is 6.74. The summed E-state index contributed by atoms with van der Waals surface area (Å²) in [5, 5.41) is 2.69. The number of fused-ring (bicyclic) bond motifs is 1. The Bertz CT molecular complexity index is 643. The summed E-state index contributed by atoms with van der Waals surface area (Å²) in [7, 11) is -3.94. The van der Waals surface area contributed by atoms with Crippen molar-refractivity contribution in [1.29, 1.82) is 0 Å². The molecule has 19 heavy (non-hydrogen) atoms. The molecule has 0 aliphatic carbocycles. The highest BCUT2D eigenvalue weighted by atomic mass is 35.5. The first-order chi connectivity index (χ1) is 8.67. The summed E-state index contributed by atoms with van der Waals surface area (Å²) >= 11 is 5.69. The van der Waals surface area contributed by atoms with Crippen LogP contribution in [0.25, 0.3) is 0 Å². The van der Waals surface area contributed by atoms with E-state index >= 15 is 0 Å². The number of benzene rings is 1. The molecule has 0 saturated heterocycles. The van der Waals surface area contributed by atoms with Crippen LogP contribution < -0.4 is 10.0 Å². The monoisotopic (exact) mass is 313 g/mol. The van der Waals surface area contributed by atoms with Crippen molar-refractivity contribution in [2.75, 3.05) is 11.9 Å². The topological polar surface area (TPSA) is 70.6 Å². The van der Waals surface area contributed by atoms with Crippen LogP contribution in [-0.4, -0.2) is 27.1 Å². The third-order valence-electron chi connectivity index (χ3n) is 2.13. The van der Waals surface area contributed by atoms with Crippen molar-refractivity contribution in [1.82, 2.24) is 4.72 Å². The maximum atomic E-state index is 12.0. The Hall–Kier alpha value is -1.48. The molecule has 0 radical (unpaired) electrons. The fraction of sp³-hybridized carbons (Fsp3) is 0.222. The molecule has 0 unspecified atom stereocenters. The van der Waals surface area contributed by atoms with E-state index in [0.717, 1.165) is 0 Å². The largest absolute Gasteiger partial charge is 0.408 e. The number of alkyl halides is 3. The number of anilines is 1. The molecule has 0 spiro atoms. The molecule has 1 heterocycles. The van der Waals surface area contributed by atoms with Crippen LogP contribution in [0.2, 0.25) is 5.02 Å². The summed E-state index contributed by atoms with van der Waals surface area (Å²) in [5.74, 6) is -0.493. The molecule has 10 heteroatoms. The van der Waals surface area contributed by atoms with Crippen LogP contribution in [0.15, 0.2) is 28.1 Å². The molecule has 0 atom stereocenters. The smallest absolute Gasteiger partial charge is 0.324 e. The van der Waals surface area contributed by atoms with Crippen molar-refractivity contribution >= 4 is 33.3 Å². The van der Waals surface area contributed by atoms with E-state index in [9.17, 15) is 21.6 Å². The number of guanidine groups is 1. The predicted molar refractivity (Wildman–Crippen MR) is 63.8 cm³/mol. The van der Waals surface area contributed by atoms with E-state index in [1.807, 2.05) is 4.72 Å². The summed E-state index contributed by atoms with van der Waals surface area (Å²) in [6.07, 6.45) is -4.52. The van der Waals surface area contributed by atoms with Gasteiger partial charge in [0.15, 0.2) is 0 Å². The lowest BCUT2D eigenvalue weighted by Crippen LogP contribution is -2.41. The minimum absolute atomic E-state index is 0.0761. The molecule has 0 saturated carbocycles. The lowest BCUT2D eigenvalue weighted by Gasteiger charge is -2.21. The van der Waals surface area contributed by atoms with Crippen LogP contribution in [0, 0.1) is 0 Å². The van der Waals surface area contributed by atoms with Gasteiger partial charge in [-0.25, -0.2) is 18.1 Å². The van der Waals surface area contributed by atoms with Crippen molar-refractivity contribution in [2.24, 2.45) is 4.99 Å². The van der Waals surface area contributed by atoms with Gasteiger partial charge in [-0.05, 0) is 18.2 Å². The first-order valence-electron chi connectivity index (χ1n) is 4.88. The maximum Gasteiger partial charge on any atom is 0.408 e. The second kappa shape index (κ2) is 4.57. The van der Waals surface area contributed by atoms with Crippen LogP contribution in [0.5, 0.6) is 0 Å². The molecule has 0 bridgehead atoms. The highest BCUT2D eigenvalue weighted by Crippen LogP contribution is 2.27. The summed E-state index contributed by atoms with van der Waals surface area (Å²) < 4.78 is 61.5. The number of hydrogen-bond acceptors (Lipinski definition) is 3. The Morgan fingerprint density at radius 3 is 2.63 bits per heavy atom. The summed E-state index contributed by atoms with van der Waals surface area (Å²) in [6.45, 7) is -1.49. The van der Waals surface area contributed by atoms with Gasteiger partial charge in [-0.1, -0.05) is 11.6 Å². The number of sulfonamides is 1. The van der Waals surface area contributed by atoms with E-state index in [-0.39, 0.29) is 15.6 Å². The van der Waals surface area contributed by atoms with Crippen LogP contribution in [-0.2, 0) is 10.0 Å². The second-order valence-electron chi connectivity index (χ2n) is 3.65. The Morgan fingerprint density at radius 1 is 1.32 bits per heavy atom. The van der Waals surface area contributed by atoms with Crippen LogP contribution in [0.4, 0.5) is 18.9 Å². The molecule has 1 aliphatic heterocycles. The van der Waals surface area contributed by atoms with Crippen LogP contribution in [0.1, 0.15) is 0 Å². The van der Waals surface area contributed by atoms with Gasteiger partial charge in [0.1, 0.15) is 11.4 Å². The van der Waals surface area contributed by atoms with Gasteiger partial charge in [-0.15, -0.1) is 0 Å². The Balaban J connectivity index is 2.37. The number of hydrogen-bond donors (Lipinski definition) is 2. The van der Waals surface area contributed by atoms with Crippen molar-refractivity contribution in [3.8, 4) is 0 Å². The summed E-state index contributed by atoms with van der Waals surface area (Å²) in [5.41, 5.74) is 0.0761. The van der Waals surface area contributed by atoms with Crippen LogP contribution >= 0.6 is 11.6 Å². The van der Waals surface area contributed by atoms with Gasteiger partial charge in [0.2, 0.25) is 5.96 Å². The Morgan fingerprint density at radius 2 is 2.00 bits per heavy atom. The first kappa shape index (κ1) is 13.9. The summed E-state index contributed by atoms with van der Waals surface area (Å²) in [6, 6.07) is 3.89. The average Bonchev–Trinajstić information content (AvgIpc) is 2.23. The summed E-state index contributed by atoms with van der Waals surface area (Å²) in [4.78, 5) is 3.02. The Kier molecular flexibility index (Phi) is 3.35. The SMILES string of the molecule is O=S1(=O)NC(=NCC(F)(F)F)Nc2cc(Cl)ccc21. The van der Waals surface area contributed by atoms with E-state index in [1.165, 1.54) is 18.2 Å². The molecule has 1 aromatic carbocycles. The normalized spacial score (nSPS) is 19.5. The molecule has 0 amide bonds. The zero-order chi connectivity index (χ0) is 14.3. The lowest BCUT2D eigenvalue weighted by molar-refractivity contribution is -0.118. The molecular formula is C9H7ClF3N3O2S. The third kappa shape index (κ3) is 3.29. The van der Waals surface area contributed by atoms with Gasteiger partial charge >= 0.3 is 6.18 Å². The minimum atomic E-state index is -4.52. The Labute approximate surface area is 111 Å². The lowest BCUT2D eigenvalue weighted by atomic mass is 10.3. The van der Waals surface area contributed by atoms with Gasteiger partial charge in [-0.2, -0.15) is 13.2 Å². The number of nitrogens with zero attached hydrogens (tertiary/aromatic N) is 1. The standard InChI is InChI=1S/C9H7ClF3N3O2S/c10-5-1-2-7-6(3-5)15-8(16-19(7,17)18)14-4-9(11,12)13/h1-3H,4H2,(H2,14,15,16). The fourth-order valence-corrected chi connectivity index (χ4v) is 2.71. The molecule has 2 rings (SSSR count). The number of nitrogens with one attached hydrogen (secondary N) is 2. The second-order valence-corrected chi connectivity index (χ2v) is 5.74. The number of rotatable bonds is 1. The van der Waals surface area contributed by atoms with E-state index in [2.05, 4.69) is 10.3 Å². The van der Waals surface area contributed by atoms with Crippen molar-refractivity contribution in [2.45, 2.75) is 11.1 Å². The molecule has 0 fully saturated rings. The van der Waals surface area contributed by atoms with Gasteiger partial charge in [0, 0.05) is 5.02 Å². The third-order valence-corrected chi connectivity index (χ3v) is 3.76. The van der Waals surface area contributed by atoms with Crippen molar-refractivity contribution < 1.29 is 21.6 Å². The highest BCUT2D eigenvalue weighted by molar-refractivity contribution is 7.90. The quantitative estimate of drug-likeness (QED) is 0.832. The maximum absolute atomic E-state index is 12.0. The molecule has 2 N–H and O–H groups in total. The molecular weight excluding hydrogens is 307 g/mol.